The third-order valence-electron chi connectivity index (χ3n) is 7.08. The summed E-state index contributed by atoms with van der Waals surface area (Å²) in [5, 5.41) is 15.9. The van der Waals surface area contributed by atoms with E-state index in [4.69, 9.17) is 0 Å². The van der Waals surface area contributed by atoms with E-state index in [0.29, 0.717) is 17.2 Å². The summed E-state index contributed by atoms with van der Waals surface area (Å²) in [7, 11) is 0. The van der Waals surface area contributed by atoms with Gasteiger partial charge in [-0.25, -0.2) is 0 Å². The molecule has 2 aromatic carbocycles. The number of amides is 2. The van der Waals surface area contributed by atoms with Gasteiger partial charge in [0.25, 0.3) is 5.91 Å². The smallest absolute Gasteiger partial charge is 0.251 e. The number of carbonyl (C=O) groups is 2. The van der Waals surface area contributed by atoms with Gasteiger partial charge in [0.15, 0.2) is 6.04 Å². The van der Waals surface area contributed by atoms with Crippen molar-refractivity contribution in [1.29, 1.82) is 0 Å². The summed E-state index contributed by atoms with van der Waals surface area (Å²) in [4.78, 5) is 35.2. The van der Waals surface area contributed by atoms with Crippen molar-refractivity contribution in [1.82, 2.24) is 30.5 Å². The van der Waals surface area contributed by atoms with E-state index in [0.717, 1.165) is 43.2 Å². The molecule has 39 heavy (non-hydrogen) atoms. The van der Waals surface area contributed by atoms with E-state index >= 15 is 0 Å². The van der Waals surface area contributed by atoms with Crippen LogP contribution in [0.25, 0.3) is 11.4 Å². The molecule has 4 aromatic rings. The molecular formula is C30H33N7O2. The molecule has 2 heterocycles. The van der Waals surface area contributed by atoms with Crippen molar-refractivity contribution in [3.05, 3.63) is 90.3 Å². The first-order chi connectivity index (χ1) is 19.1. The molecule has 1 aliphatic rings. The van der Waals surface area contributed by atoms with Gasteiger partial charge in [-0.2, -0.15) is 4.80 Å². The van der Waals surface area contributed by atoms with Gasteiger partial charge in [-0.05, 0) is 54.3 Å². The van der Waals surface area contributed by atoms with Crippen molar-refractivity contribution in [3.8, 4) is 11.4 Å². The van der Waals surface area contributed by atoms with E-state index < -0.39 is 6.04 Å². The van der Waals surface area contributed by atoms with Crippen LogP contribution in [0.1, 0.15) is 56.3 Å². The summed E-state index contributed by atoms with van der Waals surface area (Å²) in [5.41, 5.74) is 3.05. The Kier molecular flexibility index (Phi) is 8.36. The highest BCUT2D eigenvalue weighted by Crippen LogP contribution is 2.29. The van der Waals surface area contributed by atoms with Gasteiger partial charge in [-0.3, -0.25) is 19.5 Å². The molecule has 5 rings (SSSR count). The van der Waals surface area contributed by atoms with E-state index in [1.54, 1.807) is 18.3 Å². The predicted molar refractivity (Wildman–Crippen MR) is 149 cm³/mol. The summed E-state index contributed by atoms with van der Waals surface area (Å²) in [5.74, 6) is -0.158. The molecule has 200 valence electrons. The second kappa shape index (κ2) is 12.4. The van der Waals surface area contributed by atoms with Crippen molar-refractivity contribution < 1.29 is 9.59 Å². The van der Waals surface area contributed by atoms with Crippen molar-refractivity contribution in [2.75, 3.05) is 4.90 Å². The molecule has 1 fully saturated rings. The number of anilines is 1. The number of hydrogen-bond donors (Lipinski definition) is 1. The fourth-order valence-corrected chi connectivity index (χ4v) is 4.99. The second-order valence-corrected chi connectivity index (χ2v) is 9.79. The number of rotatable bonds is 9. The number of tetrazole rings is 1. The maximum atomic E-state index is 14.0. The molecule has 1 atom stereocenters. The molecule has 0 radical (unpaired) electrons. The molecule has 0 aliphatic heterocycles. The Balaban J connectivity index is 1.49. The van der Waals surface area contributed by atoms with Crippen LogP contribution in [0, 0.1) is 0 Å². The molecule has 2 amide bonds. The largest absolute Gasteiger partial charge is 0.351 e. The maximum Gasteiger partial charge on any atom is 0.251 e. The summed E-state index contributed by atoms with van der Waals surface area (Å²) in [6, 6.07) is 21.7. The Labute approximate surface area is 228 Å². The summed E-state index contributed by atoms with van der Waals surface area (Å²) in [6.45, 7) is 1.89. The van der Waals surface area contributed by atoms with Crippen LogP contribution in [0.4, 0.5) is 5.69 Å². The van der Waals surface area contributed by atoms with Crippen molar-refractivity contribution in [2.24, 2.45) is 0 Å². The Morgan fingerprint density at radius 3 is 2.41 bits per heavy atom. The van der Waals surface area contributed by atoms with Gasteiger partial charge >= 0.3 is 0 Å². The molecule has 1 aliphatic carbocycles. The molecule has 9 nitrogen and oxygen atoms in total. The maximum absolute atomic E-state index is 14.0. The topological polar surface area (TPSA) is 106 Å². The third kappa shape index (κ3) is 6.37. The minimum atomic E-state index is -0.954. The minimum Gasteiger partial charge on any atom is -0.351 e. The molecule has 0 bridgehead atoms. The van der Waals surface area contributed by atoms with Crippen LogP contribution < -0.4 is 10.2 Å². The molecule has 9 heteroatoms. The van der Waals surface area contributed by atoms with Crippen LogP contribution in [-0.2, 0) is 22.6 Å². The third-order valence-corrected chi connectivity index (χ3v) is 7.08. The van der Waals surface area contributed by atoms with Crippen LogP contribution in [-0.4, -0.2) is 43.0 Å². The summed E-state index contributed by atoms with van der Waals surface area (Å²) >= 11 is 0. The number of benzene rings is 2. The molecule has 2 aromatic heterocycles. The van der Waals surface area contributed by atoms with E-state index in [9.17, 15) is 9.59 Å². The standard InChI is InChI=1S/C30H33N7O2/c1-2-22-16-18-25(19-17-22)37(27(38)21-36-34-29(33-35-36)23-11-5-3-6-12-23)28(26-15-9-10-20-31-26)30(39)32-24-13-7-4-8-14-24/h3,5-6,9-12,15-20,24,28H,2,4,7-8,13-14,21H2,1H3,(H,32,39)/t28-/m1/s1. The Morgan fingerprint density at radius 2 is 1.72 bits per heavy atom. The number of carbonyl (C=O) groups excluding carboxylic acids is 2. The molecular weight excluding hydrogens is 490 g/mol. The lowest BCUT2D eigenvalue weighted by atomic mass is 9.95. The molecule has 1 N–H and O–H groups in total. The van der Waals surface area contributed by atoms with Crippen molar-refractivity contribution >= 4 is 17.5 Å². The molecule has 0 unspecified atom stereocenters. The van der Waals surface area contributed by atoms with E-state index in [-0.39, 0.29) is 24.4 Å². The van der Waals surface area contributed by atoms with E-state index in [1.807, 2.05) is 60.7 Å². The predicted octanol–water partition coefficient (Wildman–Crippen LogP) is 4.52. The van der Waals surface area contributed by atoms with Crippen LogP contribution >= 0.6 is 0 Å². The number of hydrogen-bond acceptors (Lipinski definition) is 6. The fraction of sp³-hybridized carbons (Fsp3) is 0.333. The van der Waals surface area contributed by atoms with E-state index in [1.165, 1.54) is 16.1 Å². The molecule has 1 saturated carbocycles. The average molecular weight is 524 g/mol. The number of pyridine rings is 1. The van der Waals surface area contributed by atoms with Gasteiger partial charge in [-0.15, -0.1) is 10.2 Å². The van der Waals surface area contributed by atoms with Gasteiger partial charge in [0, 0.05) is 23.5 Å². The number of nitrogens with one attached hydrogen (secondary N) is 1. The average Bonchev–Trinajstić information content (AvgIpc) is 3.45. The zero-order valence-corrected chi connectivity index (χ0v) is 22.1. The highest BCUT2D eigenvalue weighted by molar-refractivity contribution is 6.01. The molecule has 0 saturated heterocycles. The Morgan fingerprint density at radius 1 is 0.974 bits per heavy atom. The summed E-state index contributed by atoms with van der Waals surface area (Å²) in [6.07, 6.45) is 7.73. The van der Waals surface area contributed by atoms with Crippen molar-refractivity contribution in [3.63, 3.8) is 0 Å². The summed E-state index contributed by atoms with van der Waals surface area (Å²) < 4.78 is 0. The lowest BCUT2D eigenvalue weighted by molar-refractivity contribution is -0.127. The zero-order valence-electron chi connectivity index (χ0n) is 22.1. The van der Waals surface area contributed by atoms with Gasteiger partial charge < -0.3 is 5.32 Å². The van der Waals surface area contributed by atoms with Gasteiger partial charge in [-0.1, -0.05) is 74.7 Å². The number of aromatic nitrogens is 5. The minimum absolute atomic E-state index is 0.0855. The quantitative estimate of drug-likeness (QED) is 0.346. The second-order valence-electron chi connectivity index (χ2n) is 9.79. The first kappa shape index (κ1) is 26.2. The monoisotopic (exact) mass is 523 g/mol. The molecule has 0 spiro atoms. The highest BCUT2D eigenvalue weighted by Gasteiger charge is 2.35. The fourth-order valence-electron chi connectivity index (χ4n) is 4.99. The van der Waals surface area contributed by atoms with Crippen LogP contribution in [0.2, 0.25) is 0 Å². The van der Waals surface area contributed by atoms with Crippen molar-refractivity contribution in [2.45, 2.75) is 64.1 Å². The lowest BCUT2D eigenvalue weighted by Gasteiger charge is -2.32. The zero-order chi connectivity index (χ0) is 27.0. The van der Waals surface area contributed by atoms with Gasteiger partial charge in [0.2, 0.25) is 11.7 Å². The van der Waals surface area contributed by atoms with Gasteiger partial charge in [0.1, 0.15) is 6.54 Å². The normalized spacial score (nSPS) is 14.5. The number of aryl methyl sites for hydroxylation is 1. The number of nitrogens with zero attached hydrogens (tertiary/aromatic N) is 6. The van der Waals surface area contributed by atoms with Crippen LogP contribution in [0.3, 0.4) is 0 Å². The highest BCUT2D eigenvalue weighted by atomic mass is 16.2. The Hall–Kier alpha value is -4.40. The first-order valence-electron chi connectivity index (χ1n) is 13.6. The van der Waals surface area contributed by atoms with E-state index in [2.05, 4.69) is 32.6 Å². The lowest BCUT2D eigenvalue weighted by Crippen LogP contribution is -2.48. The SMILES string of the molecule is CCc1ccc(N(C(=O)Cn2nnc(-c3ccccc3)n2)[C@@H](C(=O)NC2CCCCC2)c2ccccn2)cc1. The van der Waals surface area contributed by atoms with Crippen LogP contribution in [0.15, 0.2) is 79.0 Å². The first-order valence-corrected chi connectivity index (χ1v) is 13.6. The van der Waals surface area contributed by atoms with Gasteiger partial charge in [0.05, 0.1) is 5.69 Å². The Bertz CT molecular complexity index is 1370. The van der Waals surface area contributed by atoms with Crippen LogP contribution in [0.5, 0.6) is 0 Å².